The Kier molecular flexibility index (Phi) is 6.12. The molecule has 0 unspecified atom stereocenters. The fourth-order valence-electron chi connectivity index (χ4n) is 2.44. The minimum Gasteiger partial charge on any atom is -0.456 e. The first-order valence-corrected chi connectivity index (χ1v) is 7.89. The summed E-state index contributed by atoms with van der Waals surface area (Å²) in [5.41, 5.74) is 1.08. The Labute approximate surface area is 141 Å². The zero-order chi connectivity index (χ0) is 17.5. The van der Waals surface area contributed by atoms with E-state index in [0.29, 0.717) is 17.7 Å². The fraction of sp³-hybridized carbons (Fsp3) is 0.389. The minimum absolute atomic E-state index is 0.109. The van der Waals surface area contributed by atoms with Crippen LogP contribution in [0.5, 0.6) is 0 Å². The second kappa shape index (κ2) is 8.29. The van der Waals surface area contributed by atoms with Gasteiger partial charge in [0.25, 0.3) is 11.8 Å². The zero-order valence-corrected chi connectivity index (χ0v) is 14.0. The molecule has 0 saturated carbocycles. The Morgan fingerprint density at radius 2 is 1.92 bits per heavy atom. The van der Waals surface area contributed by atoms with E-state index in [1.54, 1.807) is 38.4 Å². The number of hydrogen-bond donors (Lipinski definition) is 1. The summed E-state index contributed by atoms with van der Waals surface area (Å²) in [6, 6.07) is 6.55. The van der Waals surface area contributed by atoms with Crippen molar-refractivity contribution in [3.05, 3.63) is 42.0 Å². The molecule has 0 saturated heterocycles. The van der Waals surface area contributed by atoms with Crippen LogP contribution in [0.2, 0.25) is 0 Å². The molecule has 1 aromatic carbocycles. The molecule has 0 aromatic heterocycles. The van der Waals surface area contributed by atoms with E-state index in [1.807, 2.05) is 6.08 Å². The summed E-state index contributed by atoms with van der Waals surface area (Å²) in [6.45, 7) is -0.312. The van der Waals surface area contributed by atoms with Gasteiger partial charge in [0.1, 0.15) is 0 Å². The van der Waals surface area contributed by atoms with Crippen LogP contribution in [0.1, 0.15) is 29.6 Å². The lowest BCUT2D eigenvalue weighted by Gasteiger charge is -2.11. The van der Waals surface area contributed by atoms with Gasteiger partial charge in [-0.15, -0.1) is 0 Å². The van der Waals surface area contributed by atoms with Crippen molar-refractivity contribution in [2.45, 2.75) is 19.3 Å². The van der Waals surface area contributed by atoms with Crippen LogP contribution < -0.4 is 5.32 Å². The fourth-order valence-corrected chi connectivity index (χ4v) is 2.44. The Morgan fingerprint density at radius 1 is 1.21 bits per heavy atom. The summed E-state index contributed by atoms with van der Waals surface area (Å²) < 4.78 is 4.99. The van der Waals surface area contributed by atoms with Crippen LogP contribution in [0.25, 0.3) is 0 Å². The van der Waals surface area contributed by atoms with Crippen molar-refractivity contribution in [3.63, 3.8) is 0 Å². The average molecular weight is 330 g/mol. The largest absolute Gasteiger partial charge is 0.456 e. The first-order valence-electron chi connectivity index (χ1n) is 7.89. The number of ether oxygens (including phenoxy) is 1. The monoisotopic (exact) mass is 330 g/mol. The van der Waals surface area contributed by atoms with Crippen LogP contribution in [0.4, 0.5) is 5.69 Å². The molecule has 0 heterocycles. The summed E-state index contributed by atoms with van der Waals surface area (Å²) >= 11 is 0. The summed E-state index contributed by atoms with van der Waals surface area (Å²) in [5.74, 6) is -0.657. The van der Waals surface area contributed by atoms with E-state index < -0.39 is 5.91 Å². The number of amides is 2. The van der Waals surface area contributed by atoms with Crippen LogP contribution >= 0.6 is 0 Å². The molecule has 6 nitrogen and oxygen atoms in total. The summed E-state index contributed by atoms with van der Waals surface area (Å²) in [5, 5.41) is 2.63. The average Bonchev–Trinajstić information content (AvgIpc) is 3.06. The molecule has 0 bridgehead atoms. The van der Waals surface area contributed by atoms with Crippen LogP contribution in [-0.4, -0.2) is 43.4 Å². The van der Waals surface area contributed by atoms with E-state index >= 15 is 0 Å². The van der Waals surface area contributed by atoms with Gasteiger partial charge in [0.05, 0.1) is 6.42 Å². The van der Waals surface area contributed by atoms with E-state index in [0.717, 1.165) is 12.8 Å². The Balaban J connectivity index is 1.76. The molecule has 0 aliphatic heterocycles. The SMILES string of the molecule is CN(C)C(=O)c1ccc(NC(=O)COC(=O)C[C@H]2C=CCC2)cc1. The van der Waals surface area contributed by atoms with E-state index in [-0.39, 0.29) is 24.4 Å². The lowest BCUT2D eigenvalue weighted by Crippen LogP contribution is -2.22. The predicted octanol–water partition coefficient (Wildman–Crippen LogP) is 2.23. The van der Waals surface area contributed by atoms with Crippen molar-refractivity contribution < 1.29 is 19.1 Å². The van der Waals surface area contributed by atoms with Gasteiger partial charge in [-0.25, -0.2) is 0 Å². The molecule has 1 atom stereocenters. The van der Waals surface area contributed by atoms with Crippen LogP contribution in [0.15, 0.2) is 36.4 Å². The molecule has 0 fully saturated rings. The van der Waals surface area contributed by atoms with E-state index in [1.165, 1.54) is 4.90 Å². The number of carbonyl (C=O) groups is 3. The molecule has 0 spiro atoms. The highest BCUT2D eigenvalue weighted by molar-refractivity contribution is 5.96. The van der Waals surface area contributed by atoms with Crippen molar-refractivity contribution >= 4 is 23.5 Å². The van der Waals surface area contributed by atoms with Gasteiger partial charge in [-0.05, 0) is 43.0 Å². The van der Waals surface area contributed by atoms with Crippen LogP contribution in [0, 0.1) is 5.92 Å². The molecular weight excluding hydrogens is 308 g/mol. The highest BCUT2D eigenvalue weighted by Gasteiger charge is 2.16. The smallest absolute Gasteiger partial charge is 0.306 e. The number of nitrogens with one attached hydrogen (secondary N) is 1. The number of rotatable bonds is 6. The molecule has 0 radical (unpaired) electrons. The van der Waals surface area contributed by atoms with Crippen LogP contribution in [-0.2, 0) is 14.3 Å². The number of allylic oxidation sites excluding steroid dienone is 2. The standard InChI is InChI=1S/C18H22N2O4/c1-20(2)18(23)14-7-9-15(10-8-14)19-16(21)12-24-17(22)11-13-5-3-4-6-13/h3,5,7-10,13H,4,6,11-12H2,1-2H3,(H,19,21)/t13-/m0/s1. The first kappa shape index (κ1) is 17.7. The molecule has 1 N–H and O–H groups in total. The second-order valence-corrected chi connectivity index (χ2v) is 5.96. The molecule has 2 rings (SSSR count). The third-order valence-electron chi connectivity index (χ3n) is 3.73. The Hall–Kier alpha value is -2.63. The quantitative estimate of drug-likeness (QED) is 0.641. The third kappa shape index (κ3) is 5.22. The maximum atomic E-state index is 11.8. The van der Waals surface area contributed by atoms with Gasteiger partial charge in [-0.1, -0.05) is 12.2 Å². The molecule has 2 amide bonds. The first-order chi connectivity index (χ1) is 11.5. The van der Waals surface area contributed by atoms with E-state index in [2.05, 4.69) is 11.4 Å². The lowest BCUT2D eigenvalue weighted by molar-refractivity contribution is -0.147. The lowest BCUT2D eigenvalue weighted by atomic mass is 10.1. The van der Waals surface area contributed by atoms with Gasteiger partial charge < -0.3 is 15.0 Å². The van der Waals surface area contributed by atoms with Gasteiger partial charge in [0.15, 0.2) is 6.61 Å². The highest BCUT2D eigenvalue weighted by Crippen LogP contribution is 2.20. The number of carbonyl (C=O) groups excluding carboxylic acids is 3. The minimum atomic E-state index is -0.406. The van der Waals surface area contributed by atoms with Crippen molar-refractivity contribution in [2.24, 2.45) is 5.92 Å². The van der Waals surface area contributed by atoms with Gasteiger partial charge in [-0.2, -0.15) is 0 Å². The molecule has 128 valence electrons. The highest BCUT2D eigenvalue weighted by atomic mass is 16.5. The topological polar surface area (TPSA) is 75.7 Å². The predicted molar refractivity (Wildman–Crippen MR) is 90.5 cm³/mol. The number of nitrogens with zero attached hydrogens (tertiary/aromatic N) is 1. The Bertz CT molecular complexity index is 635. The molecular formula is C18H22N2O4. The number of esters is 1. The van der Waals surface area contributed by atoms with E-state index in [4.69, 9.17) is 4.74 Å². The van der Waals surface area contributed by atoms with Crippen molar-refractivity contribution in [1.29, 1.82) is 0 Å². The van der Waals surface area contributed by atoms with Crippen LogP contribution in [0.3, 0.4) is 0 Å². The summed E-state index contributed by atoms with van der Waals surface area (Å²) in [4.78, 5) is 36.7. The van der Waals surface area contributed by atoms with Crippen molar-refractivity contribution in [3.8, 4) is 0 Å². The summed E-state index contributed by atoms with van der Waals surface area (Å²) in [7, 11) is 3.35. The van der Waals surface area contributed by atoms with Gasteiger partial charge in [-0.3, -0.25) is 14.4 Å². The molecule has 24 heavy (non-hydrogen) atoms. The second-order valence-electron chi connectivity index (χ2n) is 5.96. The van der Waals surface area contributed by atoms with E-state index in [9.17, 15) is 14.4 Å². The third-order valence-corrected chi connectivity index (χ3v) is 3.73. The van der Waals surface area contributed by atoms with Crippen molar-refractivity contribution in [1.82, 2.24) is 4.90 Å². The molecule has 1 aliphatic rings. The van der Waals surface area contributed by atoms with Gasteiger partial charge >= 0.3 is 5.97 Å². The maximum Gasteiger partial charge on any atom is 0.306 e. The maximum absolute atomic E-state index is 11.8. The van der Waals surface area contributed by atoms with Gasteiger partial charge in [0.2, 0.25) is 0 Å². The van der Waals surface area contributed by atoms with Gasteiger partial charge in [0, 0.05) is 25.3 Å². The summed E-state index contributed by atoms with van der Waals surface area (Å²) in [6.07, 6.45) is 6.32. The molecule has 1 aliphatic carbocycles. The normalized spacial score (nSPS) is 15.8. The number of benzene rings is 1. The number of hydrogen-bond acceptors (Lipinski definition) is 4. The number of anilines is 1. The Morgan fingerprint density at radius 3 is 2.50 bits per heavy atom. The molecule has 6 heteroatoms. The zero-order valence-electron chi connectivity index (χ0n) is 14.0. The molecule has 1 aromatic rings. The van der Waals surface area contributed by atoms with Crippen molar-refractivity contribution in [2.75, 3.05) is 26.0 Å².